The molecule has 0 aromatic heterocycles. The van der Waals surface area contributed by atoms with Crippen molar-refractivity contribution in [1.82, 2.24) is 4.90 Å². The van der Waals surface area contributed by atoms with Crippen LogP contribution in [0.2, 0.25) is 0 Å². The Hall–Kier alpha value is -1.55. The Labute approximate surface area is 109 Å². The van der Waals surface area contributed by atoms with Crippen molar-refractivity contribution in [3.63, 3.8) is 0 Å². The highest BCUT2D eigenvalue weighted by Crippen LogP contribution is 2.12. The monoisotopic (exact) mass is 249 g/mol. The van der Waals surface area contributed by atoms with Crippen LogP contribution in [0.15, 0.2) is 24.3 Å². The topological polar surface area (TPSA) is 58.4 Å². The van der Waals surface area contributed by atoms with Gasteiger partial charge in [-0.05, 0) is 38.1 Å². The molecule has 4 nitrogen and oxygen atoms in total. The Balaban J connectivity index is 2.55. The van der Waals surface area contributed by atoms with Crippen LogP contribution >= 0.6 is 0 Å². The number of anilines is 2. The van der Waals surface area contributed by atoms with Crippen LogP contribution in [0, 0.1) is 0 Å². The average molecular weight is 249 g/mol. The fourth-order valence-electron chi connectivity index (χ4n) is 1.84. The van der Waals surface area contributed by atoms with Gasteiger partial charge in [0.15, 0.2) is 0 Å². The zero-order chi connectivity index (χ0) is 13.5. The normalized spacial score (nSPS) is 12.4. The molecule has 0 fully saturated rings. The van der Waals surface area contributed by atoms with Gasteiger partial charge in [0.2, 0.25) is 5.91 Å². The lowest BCUT2D eigenvalue weighted by atomic mass is 10.2. The number of hydrogen-bond acceptors (Lipinski definition) is 3. The lowest BCUT2D eigenvalue weighted by Gasteiger charge is -2.26. The Kier molecular flexibility index (Phi) is 5.65. The number of carbonyl (C=O) groups is 1. The van der Waals surface area contributed by atoms with Crippen LogP contribution in [0.25, 0.3) is 0 Å². The van der Waals surface area contributed by atoms with Gasteiger partial charge in [-0.2, -0.15) is 0 Å². The lowest BCUT2D eigenvalue weighted by Crippen LogP contribution is -2.38. The molecular formula is C14H23N3O. The molecule has 18 heavy (non-hydrogen) atoms. The van der Waals surface area contributed by atoms with Crippen LogP contribution in [0.5, 0.6) is 0 Å². The van der Waals surface area contributed by atoms with Gasteiger partial charge in [-0.3, -0.25) is 9.69 Å². The summed E-state index contributed by atoms with van der Waals surface area (Å²) in [4.78, 5) is 14.1. The number of nitrogen functional groups attached to an aromatic ring is 1. The molecule has 1 aromatic carbocycles. The van der Waals surface area contributed by atoms with Gasteiger partial charge in [0.1, 0.15) is 0 Å². The molecule has 0 saturated carbocycles. The van der Waals surface area contributed by atoms with Crippen molar-refractivity contribution < 1.29 is 4.79 Å². The van der Waals surface area contributed by atoms with Crippen LogP contribution in [0.4, 0.5) is 11.4 Å². The zero-order valence-electron chi connectivity index (χ0n) is 11.4. The summed E-state index contributed by atoms with van der Waals surface area (Å²) >= 11 is 0. The maximum absolute atomic E-state index is 11.9. The largest absolute Gasteiger partial charge is 0.399 e. The van der Waals surface area contributed by atoms with Gasteiger partial charge in [0.05, 0.1) is 6.54 Å². The van der Waals surface area contributed by atoms with E-state index >= 15 is 0 Å². The molecule has 3 N–H and O–H groups in total. The van der Waals surface area contributed by atoms with Crippen LogP contribution in [-0.4, -0.2) is 29.9 Å². The highest BCUT2D eigenvalue weighted by atomic mass is 16.2. The minimum absolute atomic E-state index is 0.00255. The van der Waals surface area contributed by atoms with Crippen LogP contribution in [0.3, 0.4) is 0 Å². The molecular weight excluding hydrogens is 226 g/mol. The molecule has 0 aliphatic carbocycles. The van der Waals surface area contributed by atoms with Crippen LogP contribution in [0.1, 0.15) is 27.2 Å². The van der Waals surface area contributed by atoms with E-state index in [1.165, 1.54) is 0 Å². The predicted octanol–water partition coefficient (Wildman–Crippen LogP) is 2.33. The zero-order valence-corrected chi connectivity index (χ0v) is 11.4. The number of rotatable bonds is 6. The van der Waals surface area contributed by atoms with Crippen molar-refractivity contribution in [1.29, 1.82) is 0 Å². The van der Waals surface area contributed by atoms with E-state index in [-0.39, 0.29) is 5.91 Å². The summed E-state index contributed by atoms with van der Waals surface area (Å²) in [5.41, 5.74) is 7.07. The predicted molar refractivity (Wildman–Crippen MR) is 76.5 cm³/mol. The first-order valence-electron chi connectivity index (χ1n) is 6.46. The number of hydrogen-bond donors (Lipinski definition) is 2. The van der Waals surface area contributed by atoms with E-state index in [4.69, 9.17) is 5.73 Å². The lowest BCUT2D eigenvalue weighted by molar-refractivity contribution is -0.117. The fourth-order valence-corrected chi connectivity index (χ4v) is 1.84. The minimum atomic E-state index is 0.00255. The maximum Gasteiger partial charge on any atom is 0.238 e. The van der Waals surface area contributed by atoms with Gasteiger partial charge in [-0.15, -0.1) is 0 Å². The quantitative estimate of drug-likeness (QED) is 0.761. The van der Waals surface area contributed by atoms with Crippen LogP contribution in [-0.2, 0) is 4.79 Å². The second-order valence-corrected chi connectivity index (χ2v) is 4.49. The van der Waals surface area contributed by atoms with Crippen molar-refractivity contribution in [2.45, 2.75) is 33.2 Å². The highest BCUT2D eigenvalue weighted by molar-refractivity contribution is 5.92. The summed E-state index contributed by atoms with van der Waals surface area (Å²) in [7, 11) is 0. The summed E-state index contributed by atoms with van der Waals surface area (Å²) in [5.74, 6) is 0.00255. The van der Waals surface area contributed by atoms with E-state index < -0.39 is 0 Å². The molecule has 100 valence electrons. The summed E-state index contributed by atoms with van der Waals surface area (Å²) in [6.07, 6.45) is 1.04. The molecule has 0 aliphatic rings. The second kappa shape index (κ2) is 7.01. The molecule has 0 radical (unpaired) electrons. The molecule has 1 atom stereocenters. The molecule has 1 aromatic rings. The van der Waals surface area contributed by atoms with E-state index in [0.717, 1.165) is 18.7 Å². The Morgan fingerprint density at radius 2 is 2.17 bits per heavy atom. The van der Waals surface area contributed by atoms with Crippen molar-refractivity contribution in [2.24, 2.45) is 0 Å². The van der Waals surface area contributed by atoms with Gasteiger partial charge in [0, 0.05) is 17.4 Å². The first-order valence-corrected chi connectivity index (χ1v) is 6.46. The van der Waals surface area contributed by atoms with E-state index in [1.54, 1.807) is 12.1 Å². The Morgan fingerprint density at radius 3 is 2.72 bits per heavy atom. The Morgan fingerprint density at radius 1 is 1.44 bits per heavy atom. The molecule has 1 rings (SSSR count). The summed E-state index contributed by atoms with van der Waals surface area (Å²) in [6.45, 7) is 7.63. The fraction of sp³-hybridized carbons (Fsp3) is 0.500. The minimum Gasteiger partial charge on any atom is -0.399 e. The average Bonchev–Trinajstić information content (AvgIpc) is 2.35. The second-order valence-electron chi connectivity index (χ2n) is 4.49. The first kappa shape index (κ1) is 14.5. The number of benzene rings is 1. The number of carbonyl (C=O) groups excluding carboxylic acids is 1. The molecule has 1 unspecified atom stereocenters. The Bertz CT molecular complexity index is 392. The number of amides is 1. The third-order valence-electron chi connectivity index (χ3n) is 3.14. The smallest absolute Gasteiger partial charge is 0.238 e. The first-order chi connectivity index (χ1) is 8.56. The van der Waals surface area contributed by atoms with Crippen molar-refractivity contribution in [3.05, 3.63) is 24.3 Å². The summed E-state index contributed by atoms with van der Waals surface area (Å²) in [6, 6.07) is 7.65. The molecule has 0 aliphatic heterocycles. The number of nitrogens with zero attached hydrogens (tertiary/aromatic N) is 1. The molecule has 4 heteroatoms. The molecule has 0 bridgehead atoms. The number of nitrogens with one attached hydrogen (secondary N) is 1. The van der Waals surface area contributed by atoms with E-state index in [0.29, 0.717) is 18.3 Å². The number of likely N-dealkylation sites (N-methyl/N-ethyl adjacent to an activating group) is 1. The van der Waals surface area contributed by atoms with E-state index in [1.807, 2.05) is 12.1 Å². The van der Waals surface area contributed by atoms with Gasteiger partial charge in [0.25, 0.3) is 0 Å². The highest BCUT2D eigenvalue weighted by Gasteiger charge is 2.14. The van der Waals surface area contributed by atoms with Crippen molar-refractivity contribution in [3.8, 4) is 0 Å². The third-order valence-corrected chi connectivity index (χ3v) is 3.14. The standard InChI is InChI=1S/C14H23N3O/c1-4-11(3)17(5-2)10-14(18)16-13-8-6-7-12(15)9-13/h6-9,11H,4-5,10,15H2,1-3H3,(H,16,18). The summed E-state index contributed by atoms with van der Waals surface area (Å²) in [5, 5.41) is 2.87. The van der Waals surface area contributed by atoms with Crippen molar-refractivity contribution >= 4 is 17.3 Å². The SMILES string of the molecule is CCC(C)N(CC)CC(=O)Nc1cccc(N)c1. The summed E-state index contributed by atoms with van der Waals surface area (Å²) < 4.78 is 0. The third kappa shape index (κ3) is 4.37. The maximum atomic E-state index is 11.9. The van der Waals surface area contributed by atoms with Gasteiger partial charge in [-0.25, -0.2) is 0 Å². The molecule has 1 amide bonds. The van der Waals surface area contributed by atoms with Gasteiger partial charge < -0.3 is 11.1 Å². The van der Waals surface area contributed by atoms with Crippen LogP contribution < -0.4 is 11.1 Å². The number of nitrogens with two attached hydrogens (primary N) is 1. The van der Waals surface area contributed by atoms with Gasteiger partial charge in [-0.1, -0.05) is 19.9 Å². The molecule has 0 heterocycles. The van der Waals surface area contributed by atoms with Crippen molar-refractivity contribution in [2.75, 3.05) is 24.1 Å². The molecule has 0 spiro atoms. The van der Waals surface area contributed by atoms with Gasteiger partial charge >= 0.3 is 0 Å². The van der Waals surface area contributed by atoms with E-state index in [2.05, 4.69) is 31.0 Å². The molecule has 0 saturated heterocycles. The van der Waals surface area contributed by atoms with E-state index in [9.17, 15) is 4.79 Å².